The van der Waals surface area contributed by atoms with Crippen molar-refractivity contribution in [3.8, 4) is 11.5 Å². The molecule has 0 spiro atoms. The maximum atomic E-state index is 12.6. The van der Waals surface area contributed by atoms with Crippen LogP contribution in [-0.2, 0) is 6.54 Å². The maximum absolute atomic E-state index is 12.6. The molecule has 0 atom stereocenters. The number of ether oxygens (including phenoxy) is 2. The van der Waals surface area contributed by atoms with Crippen LogP contribution in [0.1, 0.15) is 17.3 Å². The van der Waals surface area contributed by atoms with Crippen molar-refractivity contribution in [1.82, 2.24) is 4.57 Å². The number of aryl methyl sites for hydroxylation is 1. The maximum Gasteiger partial charge on any atom is 0.281 e. The highest BCUT2D eigenvalue weighted by molar-refractivity contribution is 7.16. The average Bonchev–Trinajstić information content (AvgIpc) is 3.17. The largest absolute Gasteiger partial charge is 0.454 e. The Balaban J connectivity index is 1.87. The number of aromatic nitrogens is 1. The number of hydrogen-bond donors (Lipinski definition) is 0. The minimum atomic E-state index is -0.429. The lowest BCUT2D eigenvalue weighted by Gasteiger charge is -2.02. The van der Waals surface area contributed by atoms with E-state index in [1.165, 1.54) is 17.4 Å². The van der Waals surface area contributed by atoms with Crippen LogP contribution in [0.4, 0.5) is 0 Å². The van der Waals surface area contributed by atoms with Crippen molar-refractivity contribution in [3.63, 3.8) is 0 Å². The van der Waals surface area contributed by atoms with E-state index in [4.69, 9.17) is 32.7 Å². The quantitative estimate of drug-likeness (QED) is 0.642. The zero-order chi connectivity index (χ0) is 17.6. The molecule has 1 aliphatic rings. The van der Waals surface area contributed by atoms with Crippen LogP contribution in [0.3, 0.4) is 0 Å². The summed E-state index contributed by atoms with van der Waals surface area (Å²) in [6, 6.07) is 8.56. The van der Waals surface area contributed by atoms with Gasteiger partial charge in [-0.05, 0) is 25.1 Å². The number of thiazole rings is 1. The summed E-state index contributed by atoms with van der Waals surface area (Å²) in [5, 5.41) is 0.761. The second kappa shape index (κ2) is 6.37. The zero-order valence-electron chi connectivity index (χ0n) is 13.1. The molecule has 3 aromatic rings. The van der Waals surface area contributed by atoms with Gasteiger partial charge in [-0.2, -0.15) is 4.99 Å². The lowest BCUT2D eigenvalue weighted by molar-refractivity contribution is 0.0998. The molecule has 0 aliphatic carbocycles. The summed E-state index contributed by atoms with van der Waals surface area (Å²) in [6.07, 6.45) is 0. The molecule has 0 radical (unpaired) electrons. The number of amides is 1. The highest BCUT2D eigenvalue weighted by atomic mass is 35.5. The molecule has 1 aromatic heterocycles. The minimum Gasteiger partial charge on any atom is -0.454 e. The van der Waals surface area contributed by atoms with Gasteiger partial charge in [-0.1, -0.05) is 34.5 Å². The number of rotatable bonds is 2. The van der Waals surface area contributed by atoms with Crippen LogP contribution in [0.25, 0.3) is 10.2 Å². The molecule has 0 saturated carbocycles. The van der Waals surface area contributed by atoms with Gasteiger partial charge >= 0.3 is 0 Å². The van der Waals surface area contributed by atoms with Crippen molar-refractivity contribution in [2.45, 2.75) is 13.5 Å². The van der Waals surface area contributed by atoms with E-state index in [-0.39, 0.29) is 12.4 Å². The Morgan fingerprint density at radius 1 is 1.24 bits per heavy atom. The third-order valence-electron chi connectivity index (χ3n) is 3.85. The first-order valence-corrected chi connectivity index (χ1v) is 9.11. The fourth-order valence-corrected chi connectivity index (χ4v) is 4.13. The van der Waals surface area contributed by atoms with Crippen LogP contribution in [0.5, 0.6) is 11.5 Å². The van der Waals surface area contributed by atoms with Crippen molar-refractivity contribution in [1.29, 1.82) is 0 Å². The van der Waals surface area contributed by atoms with E-state index < -0.39 is 5.91 Å². The highest BCUT2D eigenvalue weighted by Crippen LogP contribution is 2.37. The highest BCUT2D eigenvalue weighted by Gasteiger charge is 2.18. The lowest BCUT2D eigenvalue weighted by Crippen LogP contribution is -2.16. The molecular weight excluding hydrogens is 383 g/mol. The molecule has 0 N–H and O–H groups in total. The molecule has 0 unspecified atom stereocenters. The van der Waals surface area contributed by atoms with Gasteiger partial charge in [0.2, 0.25) is 6.79 Å². The van der Waals surface area contributed by atoms with Gasteiger partial charge in [-0.3, -0.25) is 4.79 Å². The molecule has 128 valence electrons. The SMILES string of the molecule is CCn1c(=NC(=O)c2cc(Cl)ccc2Cl)sc2cc3c(cc21)OCO3. The predicted octanol–water partition coefficient (Wildman–Crippen LogP) is 4.50. The summed E-state index contributed by atoms with van der Waals surface area (Å²) in [5.41, 5.74) is 1.23. The Hall–Kier alpha value is -2.02. The van der Waals surface area contributed by atoms with Crippen LogP contribution in [0.2, 0.25) is 10.0 Å². The van der Waals surface area contributed by atoms with Crippen LogP contribution in [-0.4, -0.2) is 17.3 Å². The number of carbonyl (C=O) groups excluding carboxylic acids is 1. The van der Waals surface area contributed by atoms with Crippen LogP contribution < -0.4 is 14.3 Å². The molecule has 1 amide bonds. The third-order valence-corrected chi connectivity index (χ3v) is 5.46. The van der Waals surface area contributed by atoms with Crippen LogP contribution in [0, 0.1) is 0 Å². The van der Waals surface area contributed by atoms with Crippen molar-refractivity contribution in [3.05, 3.63) is 50.7 Å². The Morgan fingerprint density at radius 2 is 2.00 bits per heavy atom. The summed E-state index contributed by atoms with van der Waals surface area (Å²) >= 11 is 13.5. The molecule has 8 heteroatoms. The Kier molecular flexibility index (Phi) is 4.19. The fraction of sp³-hybridized carbons (Fsp3) is 0.176. The molecule has 0 saturated heterocycles. The summed E-state index contributed by atoms with van der Waals surface area (Å²) in [6.45, 7) is 2.88. The average molecular weight is 395 g/mol. The van der Waals surface area contributed by atoms with Crippen molar-refractivity contribution < 1.29 is 14.3 Å². The predicted molar refractivity (Wildman–Crippen MR) is 98.0 cm³/mol. The van der Waals surface area contributed by atoms with Gasteiger partial charge in [0.25, 0.3) is 5.91 Å². The first-order valence-electron chi connectivity index (χ1n) is 7.54. The molecule has 5 nitrogen and oxygen atoms in total. The smallest absolute Gasteiger partial charge is 0.281 e. The molecule has 0 fully saturated rings. The van der Waals surface area contributed by atoms with E-state index in [1.807, 2.05) is 23.6 Å². The summed E-state index contributed by atoms with van der Waals surface area (Å²) < 4.78 is 13.8. The van der Waals surface area contributed by atoms with Gasteiger partial charge < -0.3 is 14.0 Å². The first-order chi connectivity index (χ1) is 12.1. The van der Waals surface area contributed by atoms with E-state index >= 15 is 0 Å². The molecule has 1 aliphatic heterocycles. The Morgan fingerprint density at radius 3 is 2.76 bits per heavy atom. The van der Waals surface area contributed by atoms with E-state index in [2.05, 4.69) is 4.99 Å². The van der Waals surface area contributed by atoms with Crippen molar-refractivity contribution >= 4 is 50.7 Å². The molecule has 2 heterocycles. The molecule has 4 rings (SSSR count). The third kappa shape index (κ3) is 2.90. The van der Waals surface area contributed by atoms with Crippen molar-refractivity contribution in [2.24, 2.45) is 4.99 Å². The topological polar surface area (TPSA) is 52.8 Å². The van der Waals surface area contributed by atoms with E-state index in [9.17, 15) is 4.79 Å². The first kappa shape index (κ1) is 16.4. The Bertz CT molecular complexity index is 1070. The van der Waals surface area contributed by atoms with E-state index in [0.29, 0.717) is 32.9 Å². The van der Waals surface area contributed by atoms with Gasteiger partial charge in [-0.15, -0.1) is 0 Å². The van der Waals surface area contributed by atoms with Gasteiger partial charge in [0, 0.05) is 23.7 Å². The number of fused-ring (bicyclic) bond motifs is 2. The number of halogens is 2. The number of hydrogen-bond acceptors (Lipinski definition) is 4. The second-order valence-corrected chi connectivity index (χ2v) is 7.20. The normalized spacial score (nSPS) is 13.6. The molecule has 25 heavy (non-hydrogen) atoms. The van der Waals surface area contributed by atoms with Crippen LogP contribution >= 0.6 is 34.5 Å². The summed E-state index contributed by atoms with van der Waals surface area (Å²) in [7, 11) is 0. The van der Waals surface area contributed by atoms with E-state index in [1.54, 1.807) is 12.1 Å². The second-order valence-electron chi connectivity index (χ2n) is 5.34. The van der Waals surface area contributed by atoms with Crippen LogP contribution in [0.15, 0.2) is 35.3 Å². The molecule has 2 aromatic carbocycles. The summed E-state index contributed by atoms with van der Waals surface area (Å²) in [5.74, 6) is 0.970. The van der Waals surface area contributed by atoms with Gasteiger partial charge in [-0.25, -0.2) is 0 Å². The number of carbonyl (C=O) groups is 1. The minimum absolute atomic E-state index is 0.224. The summed E-state index contributed by atoms with van der Waals surface area (Å²) in [4.78, 5) is 17.4. The standard InChI is InChI=1S/C17H12Cl2N2O3S/c1-2-21-12-6-13-14(24-8-23-13)7-15(12)25-17(21)20-16(22)10-5-9(18)3-4-11(10)19/h3-7H,2,8H2,1H3. The Labute approximate surface area is 157 Å². The van der Waals surface area contributed by atoms with E-state index in [0.717, 1.165) is 10.2 Å². The van der Waals surface area contributed by atoms with Crippen molar-refractivity contribution in [2.75, 3.05) is 6.79 Å². The number of benzene rings is 2. The van der Waals surface area contributed by atoms with Gasteiger partial charge in [0.05, 0.1) is 20.8 Å². The molecule has 0 bridgehead atoms. The number of nitrogens with zero attached hydrogens (tertiary/aromatic N) is 2. The molecular formula is C17H12Cl2N2O3S. The van der Waals surface area contributed by atoms with Gasteiger partial charge in [0.15, 0.2) is 16.3 Å². The zero-order valence-corrected chi connectivity index (χ0v) is 15.4. The van der Waals surface area contributed by atoms with Gasteiger partial charge in [0.1, 0.15) is 0 Å². The fourth-order valence-electron chi connectivity index (χ4n) is 2.66. The lowest BCUT2D eigenvalue weighted by atomic mass is 10.2. The monoisotopic (exact) mass is 394 g/mol.